The summed E-state index contributed by atoms with van der Waals surface area (Å²) >= 11 is 3.25. The average molecular weight is 374 g/mol. The molecule has 0 aliphatic carbocycles. The molecule has 2 aromatic carbocycles. The second-order valence-corrected chi connectivity index (χ2v) is 5.28. The van der Waals surface area contributed by atoms with E-state index in [1.54, 1.807) is 30.3 Å². The third kappa shape index (κ3) is 4.77. The first-order valence-corrected chi connectivity index (χ1v) is 7.00. The van der Waals surface area contributed by atoms with E-state index in [-0.39, 0.29) is 11.4 Å². The molecule has 0 aliphatic heterocycles. The number of carbonyl (C=O) groups is 1. The van der Waals surface area contributed by atoms with Crippen LogP contribution in [-0.4, -0.2) is 18.7 Å². The maximum atomic E-state index is 12.2. The van der Waals surface area contributed by atoms with E-state index < -0.39 is 18.7 Å². The zero-order valence-electron chi connectivity index (χ0n) is 11.2. The van der Waals surface area contributed by atoms with E-state index in [1.165, 1.54) is 18.2 Å². The van der Waals surface area contributed by atoms with Crippen molar-refractivity contribution in [3.05, 3.63) is 58.6 Å². The number of amides is 1. The summed E-state index contributed by atoms with van der Waals surface area (Å²) in [6.07, 6.45) is -4.44. The molecule has 0 aliphatic rings. The van der Waals surface area contributed by atoms with Gasteiger partial charge in [-0.05, 0) is 30.3 Å². The predicted octanol–water partition coefficient (Wildman–Crippen LogP) is 4.64. The number of alkyl halides is 3. The molecule has 2 rings (SSSR count). The molecule has 0 radical (unpaired) electrons. The minimum Gasteiger partial charge on any atom is -0.482 e. The minimum atomic E-state index is -4.44. The van der Waals surface area contributed by atoms with Crippen molar-refractivity contribution in [2.75, 3.05) is 11.9 Å². The first kappa shape index (κ1) is 16.4. The first-order valence-electron chi connectivity index (χ1n) is 6.21. The zero-order valence-corrected chi connectivity index (χ0v) is 12.7. The summed E-state index contributed by atoms with van der Waals surface area (Å²) in [5.41, 5.74) is 0.553. The lowest BCUT2D eigenvalue weighted by Gasteiger charge is -2.13. The quantitative estimate of drug-likeness (QED) is 0.847. The number of hydrogen-bond donors (Lipinski definition) is 1. The van der Waals surface area contributed by atoms with Gasteiger partial charge in [0.2, 0.25) is 0 Å². The lowest BCUT2D eigenvalue weighted by molar-refractivity contribution is -0.153. The second kappa shape index (κ2) is 6.83. The second-order valence-electron chi connectivity index (χ2n) is 4.36. The van der Waals surface area contributed by atoms with Crippen LogP contribution in [0.5, 0.6) is 5.75 Å². The molecular weight excluding hydrogens is 363 g/mol. The van der Waals surface area contributed by atoms with Gasteiger partial charge in [0.1, 0.15) is 5.75 Å². The monoisotopic (exact) mass is 373 g/mol. The third-order valence-electron chi connectivity index (χ3n) is 2.61. The van der Waals surface area contributed by atoms with Crippen molar-refractivity contribution in [2.24, 2.45) is 0 Å². The minimum absolute atomic E-state index is 0.0387. The van der Waals surface area contributed by atoms with Crippen molar-refractivity contribution in [2.45, 2.75) is 6.18 Å². The standard InChI is InChI=1S/C15H11BrF3NO2/c16-11-5-3-4-10(8-11)14(21)20-12-6-1-2-7-13(12)22-9-15(17,18)19/h1-8H,9H2,(H,20,21). The molecule has 0 atom stereocenters. The topological polar surface area (TPSA) is 38.3 Å². The number of para-hydroxylation sites is 2. The maximum Gasteiger partial charge on any atom is 0.422 e. The Hall–Kier alpha value is -2.02. The number of anilines is 1. The van der Waals surface area contributed by atoms with Crippen molar-refractivity contribution in [3.63, 3.8) is 0 Å². The lowest BCUT2D eigenvalue weighted by Crippen LogP contribution is -2.20. The normalized spacial score (nSPS) is 11.1. The molecule has 1 amide bonds. The van der Waals surface area contributed by atoms with E-state index in [2.05, 4.69) is 21.2 Å². The van der Waals surface area contributed by atoms with Gasteiger partial charge in [0.15, 0.2) is 6.61 Å². The fraction of sp³-hybridized carbons (Fsp3) is 0.133. The molecule has 0 unspecified atom stereocenters. The van der Waals surface area contributed by atoms with Crippen molar-refractivity contribution >= 4 is 27.5 Å². The van der Waals surface area contributed by atoms with Gasteiger partial charge in [0, 0.05) is 10.0 Å². The van der Waals surface area contributed by atoms with E-state index in [0.29, 0.717) is 5.56 Å². The van der Waals surface area contributed by atoms with E-state index in [9.17, 15) is 18.0 Å². The number of halogens is 4. The molecule has 0 aromatic heterocycles. The van der Waals surface area contributed by atoms with Gasteiger partial charge < -0.3 is 10.1 Å². The summed E-state index contributed by atoms with van der Waals surface area (Å²) in [5.74, 6) is -0.479. The molecule has 0 saturated carbocycles. The van der Waals surface area contributed by atoms with Gasteiger partial charge in [0.25, 0.3) is 5.91 Å². The van der Waals surface area contributed by atoms with Crippen LogP contribution in [-0.2, 0) is 0 Å². The summed E-state index contributed by atoms with van der Waals surface area (Å²) in [5, 5.41) is 2.54. The van der Waals surface area contributed by atoms with Gasteiger partial charge in [-0.3, -0.25) is 4.79 Å². The van der Waals surface area contributed by atoms with Gasteiger partial charge >= 0.3 is 6.18 Å². The molecule has 116 valence electrons. The highest BCUT2D eigenvalue weighted by Gasteiger charge is 2.28. The largest absolute Gasteiger partial charge is 0.482 e. The molecule has 0 bridgehead atoms. The van der Waals surface area contributed by atoms with Crippen LogP contribution < -0.4 is 10.1 Å². The summed E-state index contributed by atoms with van der Waals surface area (Å²) in [7, 11) is 0. The Morgan fingerprint density at radius 3 is 2.55 bits per heavy atom. The summed E-state index contributed by atoms with van der Waals surface area (Å²) in [6.45, 7) is -1.42. The number of hydrogen-bond acceptors (Lipinski definition) is 2. The van der Waals surface area contributed by atoms with Crippen LogP contribution >= 0.6 is 15.9 Å². The number of benzene rings is 2. The molecule has 0 fully saturated rings. The molecule has 1 N–H and O–H groups in total. The van der Waals surface area contributed by atoms with Crippen LogP contribution in [0.1, 0.15) is 10.4 Å². The number of nitrogens with one attached hydrogen (secondary N) is 1. The lowest BCUT2D eigenvalue weighted by atomic mass is 10.2. The summed E-state index contributed by atoms with van der Waals surface area (Å²) in [6, 6.07) is 12.6. The van der Waals surface area contributed by atoms with Crippen LogP contribution in [0.3, 0.4) is 0 Å². The van der Waals surface area contributed by atoms with Crippen molar-refractivity contribution in [1.82, 2.24) is 0 Å². The molecule has 3 nitrogen and oxygen atoms in total. The van der Waals surface area contributed by atoms with E-state index in [0.717, 1.165) is 4.47 Å². The van der Waals surface area contributed by atoms with Crippen LogP contribution in [0.15, 0.2) is 53.0 Å². The van der Waals surface area contributed by atoms with Gasteiger partial charge in [-0.25, -0.2) is 0 Å². The fourth-order valence-electron chi connectivity index (χ4n) is 1.68. The van der Waals surface area contributed by atoms with Crippen LogP contribution in [0.2, 0.25) is 0 Å². The maximum absolute atomic E-state index is 12.2. The highest BCUT2D eigenvalue weighted by molar-refractivity contribution is 9.10. The molecule has 0 heterocycles. The van der Waals surface area contributed by atoms with Gasteiger partial charge in [-0.15, -0.1) is 0 Å². The Bertz CT molecular complexity index is 674. The van der Waals surface area contributed by atoms with E-state index >= 15 is 0 Å². The molecule has 0 saturated heterocycles. The number of ether oxygens (including phenoxy) is 1. The molecule has 22 heavy (non-hydrogen) atoms. The van der Waals surface area contributed by atoms with Crippen molar-refractivity contribution < 1.29 is 22.7 Å². The summed E-state index contributed by atoms with van der Waals surface area (Å²) in [4.78, 5) is 12.1. The Morgan fingerprint density at radius 2 is 1.86 bits per heavy atom. The van der Waals surface area contributed by atoms with Crippen LogP contribution in [0.4, 0.5) is 18.9 Å². The van der Waals surface area contributed by atoms with Crippen LogP contribution in [0, 0.1) is 0 Å². The highest BCUT2D eigenvalue weighted by atomic mass is 79.9. The first-order chi connectivity index (χ1) is 10.3. The Labute approximate surface area is 133 Å². The smallest absolute Gasteiger partial charge is 0.422 e. The van der Waals surface area contributed by atoms with Crippen LogP contribution in [0.25, 0.3) is 0 Å². The Morgan fingerprint density at radius 1 is 1.14 bits per heavy atom. The molecule has 0 spiro atoms. The van der Waals surface area contributed by atoms with Gasteiger partial charge in [-0.1, -0.05) is 34.1 Å². The molecule has 2 aromatic rings. The van der Waals surface area contributed by atoms with E-state index in [1.807, 2.05) is 0 Å². The van der Waals surface area contributed by atoms with Crippen molar-refractivity contribution in [3.8, 4) is 5.75 Å². The van der Waals surface area contributed by atoms with Gasteiger partial charge in [-0.2, -0.15) is 13.2 Å². The highest BCUT2D eigenvalue weighted by Crippen LogP contribution is 2.27. The summed E-state index contributed by atoms with van der Waals surface area (Å²) < 4.78 is 42.1. The SMILES string of the molecule is O=C(Nc1ccccc1OCC(F)(F)F)c1cccc(Br)c1. The third-order valence-corrected chi connectivity index (χ3v) is 3.11. The zero-order chi connectivity index (χ0) is 16.2. The predicted molar refractivity (Wildman–Crippen MR) is 80.1 cm³/mol. The fourth-order valence-corrected chi connectivity index (χ4v) is 2.08. The van der Waals surface area contributed by atoms with E-state index in [4.69, 9.17) is 4.74 Å². The average Bonchev–Trinajstić information content (AvgIpc) is 2.45. The molecule has 7 heteroatoms. The number of carbonyl (C=O) groups excluding carboxylic acids is 1. The Balaban J connectivity index is 2.14. The number of rotatable bonds is 4. The molecular formula is C15H11BrF3NO2. The Kier molecular flexibility index (Phi) is 5.07. The van der Waals surface area contributed by atoms with Gasteiger partial charge in [0.05, 0.1) is 5.69 Å². The van der Waals surface area contributed by atoms with Crippen molar-refractivity contribution in [1.29, 1.82) is 0 Å².